The van der Waals surface area contributed by atoms with Crippen LogP contribution < -0.4 is 5.31 Å². The summed E-state index contributed by atoms with van der Waals surface area (Å²) in [7, 11) is 0. The van der Waals surface area contributed by atoms with Gasteiger partial charge in [-0.2, -0.15) is 0 Å². The molecule has 0 aromatic heterocycles. The van der Waals surface area contributed by atoms with Gasteiger partial charge in [-0.25, -0.2) is 0 Å². The Labute approximate surface area is 100 Å². The summed E-state index contributed by atoms with van der Waals surface area (Å²) in [5, 5.41) is 12.0. The van der Waals surface area contributed by atoms with Crippen molar-refractivity contribution in [1.29, 1.82) is 0 Å². The molecule has 0 bridgehead atoms. The predicted molar refractivity (Wildman–Crippen MR) is 68.5 cm³/mol. The van der Waals surface area contributed by atoms with Crippen LogP contribution in [-0.2, 0) is 5.60 Å². The number of rotatable bonds is 1. The molecule has 1 aliphatic rings. The van der Waals surface area contributed by atoms with Gasteiger partial charge in [-0.1, -0.05) is 43.7 Å². The number of piperidine rings is 1. The van der Waals surface area contributed by atoms with Crippen LogP contribution in [0, 0.1) is 6.92 Å². The number of benzene rings is 1. The Hall–Kier alpha value is -0.860. The summed E-state index contributed by atoms with van der Waals surface area (Å²) in [5.41, 5.74) is 1.48. The Morgan fingerprint density at radius 1 is 1.19 bits per heavy atom. The van der Waals surface area contributed by atoms with Gasteiger partial charge in [0.1, 0.15) is 1.41 Å². The van der Waals surface area contributed by atoms with Crippen molar-refractivity contribution in [3.05, 3.63) is 35.4 Å². The number of hydrogen-bond donors (Lipinski definition) is 2. The van der Waals surface area contributed by atoms with Crippen molar-refractivity contribution in [2.24, 2.45) is 0 Å². The van der Waals surface area contributed by atoms with Crippen LogP contribution in [0.4, 0.5) is 0 Å². The third kappa shape index (κ3) is 3.06. The van der Waals surface area contributed by atoms with E-state index in [0.29, 0.717) is 25.9 Å². The van der Waals surface area contributed by atoms with Crippen LogP contribution in [0.5, 0.6) is 0 Å². The molecule has 0 aliphatic carbocycles. The van der Waals surface area contributed by atoms with E-state index in [-0.39, 0.29) is 0 Å². The highest BCUT2D eigenvalue weighted by Crippen LogP contribution is 2.30. The summed E-state index contributed by atoms with van der Waals surface area (Å²) in [6.45, 7) is 7.33. The molecule has 1 fully saturated rings. The monoisotopic (exact) mass is 222 g/mol. The maximum Gasteiger partial charge on any atom is 0.122 e. The van der Waals surface area contributed by atoms with Crippen LogP contribution in [0.15, 0.2) is 24.3 Å². The van der Waals surface area contributed by atoms with Crippen molar-refractivity contribution in [3.63, 3.8) is 0 Å². The first-order valence-corrected chi connectivity index (χ1v) is 6.13. The Morgan fingerprint density at radius 2 is 1.69 bits per heavy atom. The van der Waals surface area contributed by atoms with Gasteiger partial charge in [-0.15, -0.1) is 0 Å². The molecule has 2 N–H and O–H groups in total. The van der Waals surface area contributed by atoms with Gasteiger partial charge in [0.2, 0.25) is 0 Å². The second-order valence-electron chi connectivity index (χ2n) is 4.07. The van der Waals surface area contributed by atoms with Gasteiger partial charge in [0.25, 0.3) is 0 Å². The SMILES string of the molecule is CC.[2H]N1CCC(O)(c2ccc(C)cc2)CC1. The highest BCUT2D eigenvalue weighted by molar-refractivity contribution is 5.27. The van der Waals surface area contributed by atoms with E-state index in [1.165, 1.54) is 10.9 Å². The van der Waals surface area contributed by atoms with E-state index in [1.807, 2.05) is 45.0 Å². The molecule has 1 aliphatic heterocycles. The molecule has 0 radical (unpaired) electrons. The maximum atomic E-state index is 10.4. The number of aliphatic hydroxyl groups is 1. The van der Waals surface area contributed by atoms with Crippen molar-refractivity contribution < 1.29 is 6.52 Å². The second kappa shape index (κ2) is 6.02. The lowest BCUT2D eigenvalue weighted by Gasteiger charge is -2.33. The molecule has 0 atom stereocenters. The molecule has 2 rings (SSSR count). The van der Waals surface area contributed by atoms with Crippen LogP contribution in [0.2, 0.25) is 1.41 Å². The molecule has 1 heterocycles. The van der Waals surface area contributed by atoms with E-state index < -0.39 is 5.60 Å². The largest absolute Gasteiger partial charge is 0.385 e. The van der Waals surface area contributed by atoms with Crippen LogP contribution in [-0.4, -0.2) is 18.2 Å². The van der Waals surface area contributed by atoms with Gasteiger partial charge >= 0.3 is 0 Å². The zero-order valence-electron chi connectivity index (χ0n) is 11.5. The summed E-state index contributed by atoms with van der Waals surface area (Å²) >= 11 is 0. The third-order valence-electron chi connectivity index (χ3n) is 2.96. The van der Waals surface area contributed by atoms with Gasteiger partial charge < -0.3 is 10.4 Å². The minimum absolute atomic E-state index is 0.643. The Bertz CT molecular complexity index is 329. The zero-order chi connectivity index (χ0) is 12.9. The first-order valence-electron chi connectivity index (χ1n) is 6.58. The fraction of sp³-hybridized carbons (Fsp3) is 0.571. The third-order valence-corrected chi connectivity index (χ3v) is 2.96. The normalized spacial score (nSPS) is 20.6. The highest BCUT2D eigenvalue weighted by atomic mass is 16.3. The minimum Gasteiger partial charge on any atom is -0.385 e. The second-order valence-corrected chi connectivity index (χ2v) is 4.07. The van der Waals surface area contributed by atoms with Crippen molar-refractivity contribution in [2.45, 2.75) is 39.2 Å². The van der Waals surface area contributed by atoms with Crippen LogP contribution >= 0.6 is 0 Å². The Balaban J connectivity index is 0.000000686. The first-order chi connectivity index (χ1) is 8.10. The standard InChI is InChI=1S/C12H17NO.C2H6/c1-10-2-4-11(5-3-10)12(14)6-8-13-9-7-12;1-2/h2-5,13-14H,6-9H2,1H3;1-2H3/i/hD. The highest BCUT2D eigenvalue weighted by Gasteiger charge is 2.30. The molecular weight excluding hydrogens is 198 g/mol. The molecule has 16 heavy (non-hydrogen) atoms. The van der Waals surface area contributed by atoms with E-state index in [2.05, 4.69) is 0 Å². The van der Waals surface area contributed by atoms with Gasteiger partial charge in [-0.3, -0.25) is 0 Å². The van der Waals surface area contributed by atoms with Gasteiger partial charge in [0.05, 0.1) is 5.60 Å². The molecule has 1 aromatic rings. The lowest BCUT2D eigenvalue weighted by atomic mass is 9.85. The zero-order valence-corrected chi connectivity index (χ0v) is 10.5. The summed E-state index contributed by atoms with van der Waals surface area (Å²) in [6.07, 6.45) is 1.30. The number of hydrogen-bond acceptors (Lipinski definition) is 2. The van der Waals surface area contributed by atoms with Crippen molar-refractivity contribution in [1.82, 2.24) is 5.31 Å². The summed E-state index contributed by atoms with van der Waals surface area (Å²) < 4.78 is 7.47. The lowest BCUT2D eigenvalue weighted by Crippen LogP contribution is -2.39. The van der Waals surface area contributed by atoms with E-state index >= 15 is 0 Å². The molecule has 2 heteroatoms. The fourth-order valence-corrected chi connectivity index (χ4v) is 1.92. The van der Waals surface area contributed by atoms with Crippen molar-refractivity contribution in [3.8, 4) is 0 Å². The molecule has 0 amide bonds. The smallest absolute Gasteiger partial charge is 0.122 e. The average Bonchev–Trinajstić information content (AvgIpc) is 2.36. The van der Waals surface area contributed by atoms with Gasteiger partial charge in [0.15, 0.2) is 0 Å². The van der Waals surface area contributed by atoms with Crippen molar-refractivity contribution >= 4 is 0 Å². The van der Waals surface area contributed by atoms with Crippen LogP contribution in [0.1, 0.15) is 37.8 Å². The minimum atomic E-state index is -0.717. The maximum absolute atomic E-state index is 10.4. The fourth-order valence-electron chi connectivity index (χ4n) is 1.92. The van der Waals surface area contributed by atoms with Gasteiger partial charge in [0, 0.05) is 0 Å². The molecule has 1 aromatic carbocycles. The van der Waals surface area contributed by atoms with Gasteiger partial charge in [-0.05, 0) is 38.4 Å². The summed E-state index contributed by atoms with van der Waals surface area (Å²) in [4.78, 5) is 0. The van der Waals surface area contributed by atoms with E-state index in [9.17, 15) is 5.11 Å². The molecule has 2 nitrogen and oxygen atoms in total. The number of aryl methyl sites for hydroxylation is 1. The Morgan fingerprint density at radius 3 is 2.19 bits per heavy atom. The molecular formula is C14H23NO. The molecule has 0 unspecified atom stereocenters. The number of nitrogens with one attached hydrogen (secondary N) is 1. The molecule has 1 saturated heterocycles. The molecule has 90 valence electrons. The lowest BCUT2D eigenvalue weighted by molar-refractivity contribution is 0.00593. The first kappa shape index (κ1) is 11.6. The molecule has 0 saturated carbocycles. The van der Waals surface area contributed by atoms with E-state index in [1.54, 1.807) is 0 Å². The van der Waals surface area contributed by atoms with Crippen LogP contribution in [0.25, 0.3) is 0 Å². The predicted octanol–water partition coefficient (Wildman–Crippen LogP) is 2.59. The van der Waals surface area contributed by atoms with Crippen molar-refractivity contribution in [2.75, 3.05) is 13.1 Å². The van der Waals surface area contributed by atoms with E-state index in [0.717, 1.165) is 5.56 Å². The summed E-state index contributed by atoms with van der Waals surface area (Å²) in [6, 6.07) is 8.05. The average molecular weight is 222 g/mol. The van der Waals surface area contributed by atoms with Crippen LogP contribution in [0.3, 0.4) is 0 Å². The Kier molecular flexibility index (Phi) is 4.37. The quantitative estimate of drug-likeness (QED) is 0.765. The molecule has 0 spiro atoms. The summed E-state index contributed by atoms with van der Waals surface area (Å²) in [5.74, 6) is 0. The van der Waals surface area contributed by atoms with E-state index in [4.69, 9.17) is 1.41 Å². The topological polar surface area (TPSA) is 32.3 Å².